The van der Waals surface area contributed by atoms with E-state index < -0.39 is 47.2 Å². The SMILES string of the molecule is NCCOCCOCCOCCOCCOCCOCCOCCOCCOCCC(=O)Oc1c(F)c(F)c(F)c(F)c1F. The number of ether oxygens (including phenoxy) is 10. The zero-order chi connectivity index (χ0) is 32.3. The third-order valence-corrected chi connectivity index (χ3v) is 5.07. The molecule has 0 aromatic heterocycles. The maximum absolute atomic E-state index is 13.5. The van der Waals surface area contributed by atoms with Gasteiger partial charge in [-0.05, 0) is 0 Å². The highest BCUT2D eigenvalue weighted by molar-refractivity contribution is 5.72. The molecular weight excluding hydrogens is 609 g/mol. The van der Waals surface area contributed by atoms with Gasteiger partial charge >= 0.3 is 5.97 Å². The van der Waals surface area contributed by atoms with E-state index in [4.69, 9.17) is 48.4 Å². The van der Waals surface area contributed by atoms with E-state index in [0.717, 1.165) is 0 Å². The first kappa shape index (κ1) is 40.0. The number of halogens is 5. The summed E-state index contributed by atoms with van der Waals surface area (Å²) in [6.07, 6.45) is -0.484. The second-order valence-electron chi connectivity index (χ2n) is 8.42. The average Bonchev–Trinajstić information content (AvgIpc) is 3.02. The molecule has 2 N–H and O–H groups in total. The maximum Gasteiger partial charge on any atom is 0.313 e. The predicted molar refractivity (Wildman–Crippen MR) is 143 cm³/mol. The predicted octanol–water partition coefficient (Wildman–Crippen LogP) is 1.79. The lowest BCUT2D eigenvalue weighted by molar-refractivity contribution is -0.136. The van der Waals surface area contributed by atoms with Crippen molar-refractivity contribution in [3.8, 4) is 5.75 Å². The van der Waals surface area contributed by atoms with Crippen molar-refractivity contribution >= 4 is 5.97 Å². The number of hydrogen-bond acceptors (Lipinski definition) is 12. The van der Waals surface area contributed by atoms with E-state index in [-0.39, 0.29) is 26.4 Å². The number of esters is 1. The fraction of sp³-hybridized carbons (Fsp3) is 0.741. The van der Waals surface area contributed by atoms with Gasteiger partial charge in [0.1, 0.15) is 0 Å². The summed E-state index contributed by atoms with van der Waals surface area (Å²) < 4.78 is 118. The molecule has 0 amide bonds. The summed E-state index contributed by atoms with van der Waals surface area (Å²) in [7, 11) is 0. The quantitative estimate of drug-likeness (QED) is 0.0325. The number of rotatable bonds is 30. The first-order chi connectivity index (χ1) is 21.4. The Morgan fingerprint density at radius 3 is 0.955 bits per heavy atom. The van der Waals surface area contributed by atoms with E-state index in [2.05, 4.69) is 4.74 Å². The largest absolute Gasteiger partial charge is 0.420 e. The Labute approximate surface area is 253 Å². The minimum absolute atomic E-state index is 0.0835. The van der Waals surface area contributed by atoms with Gasteiger partial charge in [0.2, 0.25) is 34.8 Å². The smallest absolute Gasteiger partial charge is 0.313 e. The molecular formula is C27H42F5NO11. The zero-order valence-corrected chi connectivity index (χ0v) is 24.6. The Morgan fingerprint density at radius 2 is 0.659 bits per heavy atom. The van der Waals surface area contributed by atoms with Crippen LogP contribution < -0.4 is 10.5 Å². The summed E-state index contributed by atoms with van der Waals surface area (Å²) in [5, 5.41) is 0. The summed E-state index contributed by atoms with van der Waals surface area (Å²) in [6.45, 7) is 7.04. The Balaban J connectivity index is 1.79. The van der Waals surface area contributed by atoms with Crippen LogP contribution in [0.5, 0.6) is 5.75 Å². The Morgan fingerprint density at radius 1 is 0.409 bits per heavy atom. The molecule has 1 rings (SSSR count). The summed E-state index contributed by atoms with van der Waals surface area (Å²) in [6, 6.07) is 0. The molecule has 0 aliphatic carbocycles. The standard InChI is InChI=1S/C27H42F5NO11/c28-22-23(29)25(31)27(26(32)24(22)30)44-21(34)1-3-35-5-7-37-9-11-39-13-15-41-17-19-43-20-18-42-16-14-40-12-10-38-8-6-36-4-2-33/h1-20,33H2. The highest BCUT2D eigenvalue weighted by Crippen LogP contribution is 2.29. The molecule has 12 nitrogen and oxygen atoms in total. The Hall–Kier alpha value is -2.06. The second-order valence-corrected chi connectivity index (χ2v) is 8.42. The fourth-order valence-corrected chi connectivity index (χ4v) is 2.94. The molecule has 1 aromatic rings. The van der Waals surface area contributed by atoms with E-state index in [1.807, 2.05) is 0 Å². The average molecular weight is 652 g/mol. The molecule has 44 heavy (non-hydrogen) atoms. The van der Waals surface area contributed by atoms with Crippen LogP contribution in [0.3, 0.4) is 0 Å². The van der Waals surface area contributed by atoms with Crippen molar-refractivity contribution in [3.05, 3.63) is 29.1 Å². The van der Waals surface area contributed by atoms with Gasteiger partial charge < -0.3 is 53.1 Å². The van der Waals surface area contributed by atoms with E-state index >= 15 is 0 Å². The lowest BCUT2D eigenvalue weighted by Gasteiger charge is -2.09. The van der Waals surface area contributed by atoms with Crippen molar-refractivity contribution in [1.29, 1.82) is 0 Å². The molecule has 0 saturated heterocycles. The molecule has 17 heteroatoms. The van der Waals surface area contributed by atoms with Crippen LogP contribution in [0.25, 0.3) is 0 Å². The molecule has 0 aliphatic heterocycles. The number of nitrogens with two attached hydrogens (primary N) is 1. The molecule has 256 valence electrons. The summed E-state index contributed by atoms with van der Waals surface area (Å²) in [4.78, 5) is 11.6. The van der Waals surface area contributed by atoms with Crippen molar-refractivity contribution < 1.29 is 74.1 Å². The topological polar surface area (TPSA) is 135 Å². The van der Waals surface area contributed by atoms with E-state index in [1.165, 1.54) is 0 Å². The molecule has 1 aromatic carbocycles. The number of carbonyl (C=O) groups is 1. The van der Waals surface area contributed by atoms with Crippen LogP contribution in [0.4, 0.5) is 22.0 Å². The van der Waals surface area contributed by atoms with Gasteiger partial charge in [-0.3, -0.25) is 4.79 Å². The van der Waals surface area contributed by atoms with Crippen LogP contribution in [-0.4, -0.2) is 131 Å². The summed E-state index contributed by atoms with van der Waals surface area (Å²) in [5.41, 5.74) is 5.31. The minimum atomic E-state index is -2.35. The lowest BCUT2D eigenvalue weighted by atomic mass is 10.2. The van der Waals surface area contributed by atoms with E-state index in [0.29, 0.717) is 99.0 Å². The van der Waals surface area contributed by atoms with Crippen LogP contribution in [0.15, 0.2) is 0 Å². The Bertz CT molecular complexity index is 860. The molecule has 0 bridgehead atoms. The van der Waals surface area contributed by atoms with Crippen molar-refractivity contribution in [2.75, 3.05) is 125 Å². The molecule has 0 radical (unpaired) electrons. The van der Waals surface area contributed by atoms with Crippen LogP contribution in [0.1, 0.15) is 6.42 Å². The van der Waals surface area contributed by atoms with Gasteiger partial charge in [-0.25, -0.2) is 13.2 Å². The zero-order valence-electron chi connectivity index (χ0n) is 24.6. The second kappa shape index (κ2) is 27.3. The lowest BCUT2D eigenvalue weighted by Crippen LogP contribution is -2.16. The summed E-state index contributed by atoms with van der Waals surface area (Å²) >= 11 is 0. The summed E-state index contributed by atoms with van der Waals surface area (Å²) in [5.74, 6) is -14.1. The van der Waals surface area contributed by atoms with E-state index in [1.54, 1.807) is 0 Å². The third kappa shape index (κ3) is 19.4. The van der Waals surface area contributed by atoms with Crippen molar-refractivity contribution in [2.45, 2.75) is 6.42 Å². The number of carbonyl (C=O) groups excluding carboxylic acids is 1. The van der Waals surface area contributed by atoms with Gasteiger partial charge in [-0.2, -0.15) is 8.78 Å². The van der Waals surface area contributed by atoms with Gasteiger partial charge in [0.15, 0.2) is 0 Å². The van der Waals surface area contributed by atoms with Crippen LogP contribution in [0, 0.1) is 29.1 Å². The molecule has 0 aliphatic rings. The van der Waals surface area contributed by atoms with Gasteiger partial charge in [-0.1, -0.05) is 0 Å². The number of benzene rings is 1. The normalized spacial score (nSPS) is 11.4. The molecule has 0 unspecified atom stereocenters. The van der Waals surface area contributed by atoms with Crippen molar-refractivity contribution in [1.82, 2.24) is 0 Å². The first-order valence-corrected chi connectivity index (χ1v) is 14.0. The molecule has 0 spiro atoms. The van der Waals surface area contributed by atoms with Gasteiger partial charge in [-0.15, -0.1) is 0 Å². The first-order valence-electron chi connectivity index (χ1n) is 14.0. The highest BCUT2D eigenvalue weighted by atomic mass is 19.2. The van der Waals surface area contributed by atoms with Crippen LogP contribution in [-0.2, 0) is 47.4 Å². The highest BCUT2D eigenvalue weighted by Gasteiger charge is 2.28. The van der Waals surface area contributed by atoms with Crippen LogP contribution >= 0.6 is 0 Å². The van der Waals surface area contributed by atoms with Gasteiger partial charge in [0, 0.05) is 6.54 Å². The third-order valence-electron chi connectivity index (χ3n) is 5.07. The maximum atomic E-state index is 13.5. The number of hydrogen-bond donors (Lipinski definition) is 1. The Kier molecular flexibility index (Phi) is 24.8. The van der Waals surface area contributed by atoms with Crippen molar-refractivity contribution in [3.63, 3.8) is 0 Å². The van der Waals surface area contributed by atoms with Gasteiger partial charge in [0.05, 0.1) is 125 Å². The molecule has 0 atom stereocenters. The fourth-order valence-electron chi connectivity index (χ4n) is 2.94. The van der Waals surface area contributed by atoms with Crippen LogP contribution in [0.2, 0.25) is 0 Å². The minimum Gasteiger partial charge on any atom is -0.420 e. The molecule has 0 saturated carbocycles. The van der Waals surface area contributed by atoms with E-state index in [9.17, 15) is 26.7 Å². The molecule has 0 heterocycles. The van der Waals surface area contributed by atoms with Crippen molar-refractivity contribution in [2.24, 2.45) is 5.73 Å². The monoisotopic (exact) mass is 651 g/mol. The van der Waals surface area contributed by atoms with Gasteiger partial charge in [0.25, 0.3) is 0 Å². The molecule has 0 fully saturated rings.